The van der Waals surface area contributed by atoms with Crippen LogP contribution < -0.4 is 25.6 Å². The number of methoxy groups -OCH3 is 2. The molecule has 0 aliphatic carbocycles. The first kappa shape index (κ1) is 56.1. The van der Waals surface area contributed by atoms with Crippen LogP contribution in [0.1, 0.15) is 76.2 Å². The predicted molar refractivity (Wildman–Crippen MR) is 267 cm³/mol. The van der Waals surface area contributed by atoms with Gasteiger partial charge in [0.15, 0.2) is 0 Å². The normalized spacial score (nSPS) is 25.3. The van der Waals surface area contributed by atoms with Crippen LogP contribution in [-0.2, 0) is 54.0 Å². The fraction of sp³-hybridized carbons (Fsp3) is 0.549. The fourth-order valence-corrected chi connectivity index (χ4v) is 8.70. The van der Waals surface area contributed by atoms with Crippen LogP contribution in [0.5, 0.6) is 5.75 Å². The van der Waals surface area contributed by atoms with Gasteiger partial charge >= 0.3 is 12.1 Å². The second kappa shape index (κ2) is 26.0. The Morgan fingerprint density at radius 2 is 1.77 bits per heavy atom. The zero-order valence-electron chi connectivity index (χ0n) is 42.3. The number of nitrogens with zero attached hydrogens (tertiary/aromatic N) is 3. The Morgan fingerprint density at radius 1 is 1.07 bits per heavy atom. The summed E-state index contributed by atoms with van der Waals surface area (Å²) >= 11 is 6.81. The summed E-state index contributed by atoms with van der Waals surface area (Å²) in [5.41, 5.74) is 2.73. The van der Waals surface area contributed by atoms with Gasteiger partial charge in [-0.25, -0.2) is 9.59 Å². The monoisotopic (exact) mass is 1010 g/mol. The quantitative estimate of drug-likeness (QED) is 0.0731. The van der Waals surface area contributed by atoms with Crippen molar-refractivity contribution in [1.82, 2.24) is 15.5 Å². The van der Waals surface area contributed by atoms with Gasteiger partial charge in [0.05, 0.1) is 76.7 Å². The van der Waals surface area contributed by atoms with Crippen molar-refractivity contribution in [2.24, 2.45) is 10.9 Å². The molecule has 19 nitrogen and oxygen atoms in total. The minimum Gasteiger partial charge on any atom is -0.495 e. The standard InChI is InChI=1S/C51H69ClN6O13/c1-30-12-11-13-39(65-9)37-28-40(69-50(64)56-37)32(3)47-51(5,71-47)42(29-45(61)58(8)38-26-34(24-30)27-41(66-10)46(38)52)70-49(63)33(4)57(7)44(60)18-20-67-22-23-68-21-19-54-48(62)35-14-16-36(17-15-35)55-43(59)25-31(2)53-6/h11-17,26-27,32-33,37,39-40,42,47H,18-25,28-29H2,1-10H3,(H,54,62)(H,55,59)(H,56,64)/b13-11+,30-12+,53-31?/t32-,33+,37-,39-,40+,42+,47?,51+/m1/s1. The second-order valence-electron chi connectivity index (χ2n) is 18.2. The molecular formula is C51H69ClN6O13. The Labute approximate surface area is 420 Å². The number of halogens is 1. The number of amides is 5. The number of anilines is 2. The predicted octanol–water partition coefficient (Wildman–Crippen LogP) is 5.47. The molecule has 4 bridgehead atoms. The highest BCUT2D eigenvalue weighted by atomic mass is 35.5. The minimum atomic E-state index is -1.19. The van der Waals surface area contributed by atoms with Crippen LogP contribution >= 0.6 is 11.6 Å². The van der Waals surface area contributed by atoms with Crippen LogP contribution in [0.2, 0.25) is 5.02 Å². The molecule has 20 heteroatoms. The van der Waals surface area contributed by atoms with Gasteiger partial charge in [-0.1, -0.05) is 42.3 Å². The van der Waals surface area contributed by atoms with Crippen molar-refractivity contribution in [1.29, 1.82) is 0 Å². The molecule has 0 spiro atoms. The van der Waals surface area contributed by atoms with E-state index in [2.05, 4.69) is 20.9 Å². The molecule has 0 radical (unpaired) electrons. The lowest BCUT2D eigenvalue weighted by atomic mass is 9.84. The topological polar surface area (TPSA) is 225 Å². The smallest absolute Gasteiger partial charge is 0.407 e. The number of likely N-dealkylation sites (N-methyl/N-ethyl adjacent to an activating group) is 1. The van der Waals surface area contributed by atoms with Gasteiger partial charge in [0.1, 0.15) is 34.6 Å². The van der Waals surface area contributed by atoms with Crippen LogP contribution in [0.15, 0.2) is 65.2 Å². The van der Waals surface area contributed by atoms with E-state index in [9.17, 15) is 28.8 Å². The highest BCUT2D eigenvalue weighted by molar-refractivity contribution is 6.35. The van der Waals surface area contributed by atoms with Gasteiger partial charge in [0.2, 0.25) is 17.7 Å². The number of aliphatic imine (C=N–C) groups is 1. The van der Waals surface area contributed by atoms with E-state index >= 15 is 0 Å². The summed E-state index contributed by atoms with van der Waals surface area (Å²) in [6.45, 7) is 9.83. The van der Waals surface area contributed by atoms with Crippen molar-refractivity contribution >= 4 is 64.4 Å². The maximum Gasteiger partial charge on any atom is 0.407 e. The molecule has 2 fully saturated rings. The first-order chi connectivity index (χ1) is 33.8. The number of nitrogens with one attached hydrogen (secondary N) is 3. The summed E-state index contributed by atoms with van der Waals surface area (Å²) in [6, 6.07) is 8.67. The number of benzene rings is 2. The molecule has 1 unspecified atom stereocenters. The lowest BCUT2D eigenvalue weighted by Crippen LogP contribution is -2.53. The number of epoxide rings is 1. The average molecular weight is 1010 g/mol. The summed E-state index contributed by atoms with van der Waals surface area (Å²) in [5.74, 6) is -2.09. The van der Waals surface area contributed by atoms with Gasteiger partial charge in [-0.2, -0.15) is 0 Å². The van der Waals surface area contributed by atoms with Crippen molar-refractivity contribution in [3.05, 3.63) is 76.3 Å². The number of carbonyl (C=O) groups excluding carboxylic acids is 6. The molecule has 0 aromatic heterocycles. The lowest BCUT2D eigenvalue weighted by molar-refractivity contribution is -0.162. The van der Waals surface area contributed by atoms with Gasteiger partial charge in [-0.15, -0.1) is 0 Å². The van der Waals surface area contributed by atoms with E-state index in [0.29, 0.717) is 41.2 Å². The van der Waals surface area contributed by atoms with E-state index in [1.807, 2.05) is 44.2 Å². The van der Waals surface area contributed by atoms with Gasteiger partial charge < -0.3 is 58.9 Å². The summed E-state index contributed by atoms with van der Waals surface area (Å²) in [4.78, 5) is 85.8. The molecule has 388 valence electrons. The van der Waals surface area contributed by atoms with E-state index < -0.39 is 66.0 Å². The van der Waals surface area contributed by atoms with E-state index in [-0.39, 0.29) is 75.0 Å². The third-order valence-corrected chi connectivity index (χ3v) is 13.4. The maximum absolute atomic E-state index is 14.3. The summed E-state index contributed by atoms with van der Waals surface area (Å²) in [6.07, 6.45) is 3.02. The molecule has 3 N–H and O–H groups in total. The minimum absolute atomic E-state index is 0.0410. The fourth-order valence-electron chi connectivity index (χ4n) is 8.38. The van der Waals surface area contributed by atoms with E-state index in [0.717, 1.165) is 11.1 Å². The van der Waals surface area contributed by atoms with Crippen LogP contribution in [0.4, 0.5) is 16.2 Å². The largest absolute Gasteiger partial charge is 0.495 e. The molecule has 71 heavy (non-hydrogen) atoms. The Bertz CT molecular complexity index is 2320. The third-order valence-electron chi connectivity index (χ3n) is 13.0. The van der Waals surface area contributed by atoms with Crippen molar-refractivity contribution in [3.63, 3.8) is 0 Å². The molecule has 2 saturated heterocycles. The molecule has 5 amide bonds. The maximum atomic E-state index is 14.3. The zero-order valence-corrected chi connectivity index (χ0v) is 43.1. The Hall–Kier alpha value is -5.86. The number of ether oxygens (including phenoxy) is 7. The van der Waals surface area contributed by atoms with Crippen LogP contribution in [0.25, 0.3) is 0 Å². The van der Waals surface area contributed by atoms with Gasteiger partial charge in [0.25, 0.3) is 5.91 Å². The molecule has 5 rings (SSSR count). The van der Waals surface area contributed by atoms with Gasteiger partial charge in [0, 0.05) is 64.1 Å². The molecule has 2 aromatic rings. The average Bonchev–Trinajstić information content (AvgIpc) is 4.05. The van der Waals surface area contributed by atoms with E-state index in [1.54, 1.807) is 59.3 Å². The van der Waals surface area contributed by atoms with Crippen LogP contribution in [0, 0.1) is 5.92 Å². The molecule has 3 aliphatic heterocycles. The van der Waals surface area contributed by atoms with Crippen LogP contribution in [-0.4, -0.2) is 157 Å². The first-order valence-electron chi connectivity index (χ1n) is 23.7. The second-order valence-corrected chi connectivity index (χ2v) is 18.6. The molecule has 3 aliphatic rings. The van der Waals surface area contributed by atoms with Gasteiger partial charge in [-0.3, -0.25) is 24.2 Å². The summed E-state index contributed by atoms with van der Waals surface area (Å²) in [7, 11) is 7.76. The Morgan fingerprint density at radius 3 is 2.45 bits per heavy atom. The molecule has 2 aromatic carbocycles. The summed E-state index contributed by atoms with van der Waals surface area (Å²) in [5, 5.41) is 8.65. The number of allylic oxidation sites excluding steroid dienone is 3. The Kier molecular flexibility index (Phi) is 20.5. The number of hydrogen-bond donors (Lipinski definition) is 3. The third kappa shape index (κ3) is 15.3. The molecular weight excluding hydrogens is 940 g/mol. The van der Waals surface area contributed by atoms with Crippen molar-refractivity contribution in [2.45, 2.75) is 109 Å². The van der Waals surface area contributed by atoms with Crippen molar-refractivity contribution < 1.29 is 61.9 Å². The number of rotatable bonds is 18. The first-order valence-corrected chi connectivity index (χ1v) is 24.0. The number of carbonyl (C=O) groups is 6. The van der Waals surface area contributed by atoms with Crippen LogP contribution in [0.3, 0.4) is 0 Å². The Balaban J connectivity index is 1.16. The molecule has 0 saturated carbocycles. The number of alkyl carbamates (subject to hydrolysis) is 1. The van der Waals surface area contributed by atoms with E-state index in [4.69, 9.17) is 44.8 Å². The van der Waals surface area contributed by atoms with Crippen molar-refractivity contribution in [3.8, 4) is 5.75 Å². The van der Waals surface area contributed by atoms with Gasteiger partial charge in [-0.05, 0) is 76.1 Å². The molecule has 8 atom stereocenters. The summed E-state index contributed by atoms with van der Waals surface area (Å²) < 4.78 is 40.9. The zero-order chi connectivity index (χ0) is 52.0. The number of esters is 1. The van der Waals surface area contributed by atoms with Crippen molar-refractivity contribution in [2.75, 3.05) is 78.6 Å². The highest BCUT2D eigenvalue weighted by Gasteiger charge is 2.64. The SMILES string of the molecule is CN=C(C)CC(=O)Nc1ccc(C(=O)NCCOCCOCCC(=O)N(C)[C@@H](C)C(=O)O[C@H]2CC(=O)N(C)c3cc(cc(OC)c3Cl)C/C(C)=C/C=C/[C@@H](OC)[C@H]3C[C@H](OC(=O)N3)[C@@H](C)C3O[C@]32C)cc1. The number of hydrogen-bond acceptors (Lipinski definition) is 14. The highest BCUT2D eigenvalue weighted by Crippen LogP contribution is 2.49. The van der Waals surface area contributed by atoms with E-state index in [1.165, 1.54) is 30.9 Å². The molecule has 3 heterocycles. The lowest BCUT2D eigenvalue weighted by Gasteiger charge is -2.36. The number of fused-ring (bicyclic) bond motifs is 5.